The summed E-state index contributed by atoms with van der Waals surface area (Å²) in [5.41, 5.74) is 3.12. The zero-order valence-electron chi connectivity index (χ0n) is 18.6. The molecule has 1 saturated heterocycles. The van der Waals surface area contributed by atoms with Crippen molar-refractivity contribution in [1.82, 2.24) is 4.90 Å². The number of aryl methyl sites for hydroxylation is 2. The number of nitrogens with zero attached hydrogens (tertiary/aromatic N) is 1. The van der Waals surface area contributed by atoms with Gasteiger partial charge < -0.3 is 19.5 Å². The lowest BCUT2D eigenvalue weighted by atomic mass is 9.92. The minimum absolute atomic E-state index is 0.0188. The largest absolute Gasteiger partial charge is 0.507 e. The highest BCUT2D eigenvalue weighted by molar-refractivity contribution is 6.46. The van der Waals surface area contributed by atoms with Crippen LogP contribution in [0.1, 0.15) is 42.1 Å². The monoisotopic (exact) mass is 423 g/mol. The Hall–Kier alpha value is -3.12. The topological polar surface area (TPSA) is 76.1 Å². The van der Waals surface area contributed by atoms with Crippen LogP contribution in [-0.4, -0.2) is 48.1 Å². The van der Waals surface area contributed by atoms with Crippen molar-refractivity contribution in [3.8, 4) is 5.75 Å². The number of rotatable bonds is 7. The average molecular weight is 424 g/mol. The molecule has 0 saturated carbocycles. The fraction of sp³-hybridized carbons (Fsp3) is 0.360. The van der Waals surface area contributed by atoms with Crippen LogP contribution in [0.4, 0.5) is 0 Å². The number of carbonyl (C=O) groups excluding carboxylic acids is 2. The summed E-state index contributed by atoms with van der Waals surface area (Å²) in [5.74, 6) is -0.807. The van der Waals surface area contributed by atoms with Gasteiger partial charge in [0.25, 0.3) is 11.7 Å². The fourth-order valence-electron chi connectivity index (χ4n) is 3.86. The minimum atomic E-state index is -0.693. The molecule has 6 nitrogen and oxygen atoms in total. The summed E-state index contributed by atoms with van der Waals surface area (Å²) in [6.45, 7) is 8.22. The third-order valence-electron chi connectivity index (χ3n) is 5.37. The highest BCUT2D eigenvalue weighted by atomic mass is 16.5. The van der Waals surface area contributed by atoms with E-state index in [4.69, 9.17) is 9.47 Å². The predicted molar refractivity (Wildman–Crippen MR) is 119 cm³/mol. The average Bonchev–Trinajstić information content (AvgIpc) is 2.97. The number of amides is 1. The lowest BCUT2D eigenvalue weighted by molar-refractivity contribution is -0.140. The molecule has 0 bridgehead atoms. The number of ether oxygens (including phenoxy) is 2. The highest BCUT2D eigenvalue weighted by Crippen LogP contribution is 2.40. The third kappa shape index (κ3) is 4.49. The molecule has 1 unspecified atom stereocenters. The molecule has 1 atom stereocenters. The van der Waals surface area contributed by atoms with Crippen molar-refractivity contribution in [2.75, 3.05) is 20.3 Å². The van der Waals surface area contributed by atoms with Crippen molar-refractivity contribution < 1.29 is 24.2 Å². The zero-order valence-corrected chi connectivity index (χ0v) is 18.6. The molecule has 2 aromatic carbocycles. The lowest BCUT2D eigenvalue weighted by Gasteiger charge is -2.26. The number of ketones is 1. The summed E-state index contributed by atoms with van der Waals surface area (Å²) in [4.78, 5) is 27.3. The number of benzene rings is 2. The Morgan fingerprint density at radius 2 is 1.81 bits per heavy atom. The maximum atomic E-state index is 13.0. The van der Waals surface area contributed by atoms with Crippen LogP contribution in [0, 0.1) is 13.8 Å². The van der Waals surface area contributed by atoms with Gasteiger partial charge in [-0.05, 0) is 62.6 Å². The normalized spacial score (nSPS) is 18.1. The first-order valence-corrected chi connectivity index (χ1v) is 10.4. The van der Waals surface area contributed by atoms with Crippen LogP contribution in [-0.2, 0) is 14.3 Å². The summed E-state index contributed by atoms with van der Waals surface area (Å²) >= 11 is 0. The first-order valence-electron chi connectivity index (χ1n) is 10.4. The Balaban J connectivity index is 2.14. The first kappa shape index (κ1) is 22.6. The van der Waals surface area contributed by atoms with Crippen LogP contribution < -0.4 is 4.74 Å². The Morgan fingerprint density at radius 3 is 2.42 bits per heavy atom. The van der Waals surface area contributed by atoms with Gasteiger partial charge in [-0.3, -0.25) is 9.59 Å². The molecule has 1 heterocycles. The number of methoxy groups -OCH3 is 1. The van der Waals surface area contributed by atoms with Crippen LogP contribution in [0.25, 0.3) is 5.76 Å². The van der Waals surface area contributed by atoms with E-state index in [0.717, 1.165) is 16.7 Å². The van der Waals surface area contributed by atoms with Crippen LogP contribution in [0.3, 0.4) is 0 Å². The molecule has 0 radical (unpaired) electrons. The number of Topliss-reactive ketones (excluding diaryl/α,β-unsaturated/α-hetero) is 1. The standard InChI is InChI=1S/C25H29NO5/c1-15(2)31-20-11-10-18(14-17(20)4)23(27)21-22(19-9-7-6-8-16(19)3)26(12-13-30-5)25(29)24(21)28/h6-11,14-15,22,27H,12-13H2,1-5H3/b23-21+. The number of hydrogen-bond acceptors (Lipinski definition) is 5. The number of aliphatic hydroxyl groups is 1. The van der Waals surface area contributed by atoms with E-state index < -0.39 is 17.7 Å². The first-order chi connectivity index (χ1) is 14.8. The number of carbonyl (C=O) groups is 2. The van der Waals surface area contributed by atoms with E-state index in [1.165, 1.54) is 4.90 Å². The van der Waals surface area contributed by atoms with Gasteiger partial charge in [-0.2, -0.15) is 0 Å². The maximum Gasteiger partial charge on any atom is 0.295 e. The molecule has 0 aliphatic carbocycles. The van der Waals surface area contributed by atoms with Crippen LogP contribution >= 0.6 is 0 Å². The summed E-state index contributed by atoms with van der Waals surface area (Å²) in [7, 11) is 1.54. The van der Waals surface area contributed by atoms with Gasteiger partial charge in [0.15, 0.2) is 0 Å². The van der Waals surface area contributed by atoms with E-state index in [9.17, 15) is 14.7 Å². The van der Waals surface area contributed by atoms with E-state index in [0.29, 0.717) is 11.3 Å². The predicted octanol–water partition coefficient (Wildman–Crippen LogP) is 4.16. The molecule has 164 valence electrons. The summed E-state index contributed by atoms with van der Waals surface area (Å²) < 4.78 is 10.9. The maximum absolute atomic E-state index is 13.0. The Bertz CT molecular complexity index is 1020. The smallest absolute Gasteiger partial charge is 0.295 e. The summed E-state index contributed by atoms with van der Waals surface area (Å²) in [6, 6.07) is 12.1. The van der Waals surface area contributed by atoms with E-state index >= 15 is 0 Å². The van der Waals surface area contributed by atoms with Crippen molar-refractivity contribution >= 4 is 17.4 Å². The quantitative estimate of drug-likeness (QED) is 0.411. The van der Waals surface area contributed by atoms with Crippen LogP contribution in [0.2, 0.25) is 0 Å². The molecule has 2 aromatic rings. The molecule has 1 fully saturated rings. The van der Waals surface area contributed by atoms with Gasteiger partial charge in [0.2, 0.25) is 0 Å². The van der Waals surface area contributed by atoms with Crippen molar-refractivity contribution in [1.29, 1.82) is 0 Å². The van der Waals surface area contributed by atoms with Gasteiger partial charge in [0.05, 0.1) is 24.3 Å². The van der Waals surface area contributed by atoms with E-state index in [-0.39, 0.29) is 30.6 Å². The second-order valence-electron chi connectivity index (χ2n) is 7.99. The van der Waals surface area contributed by atoms with Crippen molar-refractivity contribution in [2.24, 2.45) is 0 Å². The Morgan fingerprint density at radius 1 is 1.10 bits per heavy atom. The summed E-state index contributed by atoms with van der Waals surface area (Å²) in [5, 5.41) is 11.2. The highest BCUT2D eigenvalue weighted by Gasteiger charge is 2.46. The fourth-order valence-corrected chi connectivity index (χ4v) is 3.86. The summed E-state index contributed by atoms with van der Waals surface area (Å²) in [6.07, 6.45) is 0.0188. The molecule has 1 amide bonds. The van der Waals surface area contributed by atoms with Crippen LogP contribution in [0.5, 0.6) is 5.75 Å². The lowest BCUT2D eigenvalue weighted by Crippen LogP contribution is -2.32. The minimum Gasteiger partial charge on any atom is -0.507 e. The van der Waals surface area contributed by atoms with Gasteiger partial charge >= 0.3 is 0 Å². The van der Waals surface area contributed by atoms with Crippen LogP contribution in [0.15, 0.2) is 48.0 Å². The van der Waals surface area contributed by atoms with E-state index in [2.05, 4.69) is 0 Å². The third-order valence-corrected chi connectivity index (χ3v) is 5.37. The van der Waals surface area contributed by atoms with Gasteiger partial charge in [-0.1, -0.05) is 24.3 Å². The SMILES string of the molecule is COCCN1C(=O)C(=O)/C(=C(/O)c2ccc(OC(C)C)c(C)c2)C1c1ccccc1C. The van der Waals surface area contributed by atoms with E-state index in [1.54, 1.807) is 25.3 Å². The van der Waals surface area contributed by atoms with Gasteiger partial charge in [-0.15, -0.1) is 0 Å². The molecular weight excluding hydrogens is 394 g/mol. The Kier molecular flexibility index (Phi) is 6.81. The number of hydrogen-bond donors (Lipinski definition) is 1. The zero-order chi connectivity index (χ0) is 22.7. The molecule has 31 heavy (non-hydrogen) atoms. The molecule has 6 heteroatoms. The Labute approximate surface area is 183 Å². The second kappa shape index (κ2) is 9.35. The van der Waals surface area contributed by atoms with E-state index in [1.807, 2.05) is 52.0 Å². The molecule has 1 N–H and O–H groups in total. The number of likely N-dealkylation sites (tertiary alicyclic amines) is 1. The second-order valence-corrected chi connectivity index (χ2v) is 7.99. The van der Waals surface area contributed by atoms with Crippen molar-refractivity contribution in [3.05, 3.63) is 70.3 Å². The van der Waals surface area contributed by atoms with Gasteiger partial charge in [0, 0.05) is 19.2 Å². The van der Waals surface area contributed by atoms with Crippen molar-refractivity contribution in [2.45, 2.75) is 39.8 Å². The molecule has 0 aromatic heterocycles. The van der Waals surface area contributed by atoms with Gasteiger partial charge in [0.1, 0.15) is 11.5 Å². The molecule has 1 aliphatic heterocycles. The number of aliphatic hydroxyl groups excluding tert-OH is 1. The van der Waals surface area contributed by atoms with Gasteiger partial charge in [-0.25, -0.2) is 0 Å². The molecular formula is C25H29NO5. The molecule has 1 aliphatic rings. The van der Waals surface area contributed by atoms with Crippen molar-refractivity contribution in [3.63, 3.8) is 0 Å². The molecule has 3 rings (SSSR count). The molecule has 0 spiro atoms.